The van der Waals surface area contributed by atoms with Gasteiger partial charge in [0.25, 0.3) is 5.56 Å². The second kappa shape index (κ2) is 4.96. The van der Waals surface area contributed by atoms with Gasteiger partial charge in [-0.15, -0.1) is 0 Å². The van der Waals surface area contributed by atoms with Crippen molar-refractivity contribution < 1.29 is 0 Å². The zero-order valence-electron chi connectivity index (χ0n) is 10.6. The number of anilines is 3. The van der Waals surface area contributed by atoms with Gasteiger partial charge in [0.05, 0.1) is 11.4 Å². The van der Waals surface area contributed by atoms with E-state index < -0.39 is 0 Å². The second-order valence-electron chi connectivity index (χ2n) is 4.18. The molecule has 0 amide bonds. The maximum absolute atomic E-state index is 11.9. The Labute approximate surface area is 106 Å². The molecule has 0 unspecified atom stereocenters. The Kier molecular flexibility index (Phi) is 3.37. The number of hydrogen-bond donors (Lipinski definition) is 2. The van der Waals surface area contributed by atoms with Crippen molar-refractivity contribution in [3.05, 3.63) is 52.4 Å². The van der Waals surface area contributed by atoms with Crippen LogP contribution in [0.25, 0.3) is 0 Å². The third kappa shape index (κ3) is 2.37. The first kappa shape index (κ1) is 12.2. The molecule has 0 aliphatic carbocycles. The van der Waals surface area contributed by atoms with Crippen LogP contribution >= 0.6 is 0 Å². The summed E-state index contributed by atoms with van der Waals surface area (Å²) in [5.74, 6) is 0. The number of nitrogens with two attached hydrogens (primary N) is 1. The second-order valence-corrected chi connectivity index (χ2v) is 4.18. The number of hydrogen-bond acceptors (Lipinski definition) is 3. The number of pyridine rings is 1. The van der Waals surface area contributed by atoms with E-state index in [-0.39, 0.29) is 5.56 Å². The Bertz CT molecular complexity index is 617. The van der Waals surface area contributed by atoms with Gasteiger partial charge in [0.2, 0.25) is 0 Å². The van der Waals surface area contributed by atoms with E-state index in [2.05, 4.69) is 5.32 Å². The average Bonchev–Trinajstić information content (AvgIpc) is 2.32. The third-order valence-corrected chi connectivity index (χ3v) is 2.89. The van der Waals surface area contributed by atoms with Crippen molar-refractivity contribution in [3.63, 3.8) is 0 Å². The monoisotopic (exact) mass is 243 g/mol. The highest BCUT2D eigenvalue weighted by atomic mass is 16.1. The maximum Gasteiger partial charge on any atom is 0.252 e. The summed E-state index contributed by atoms with van der Waals surface area (Å²) in [5, 5.41) is 3.17. The number of para-hydroxylation sites is 2. The number of benzene rings is 1. The summed E-state index contributed by atoms with van der Waals surface area (Å²) in [6.07, 6.45) is 0. The summed E-state index contributed by atoms with van der Waals surface area (Å²) < 4.78 is 1.72. The molecule has 0 fully saturated rings. The highest BCUT2D eigenvalue weighted by Gasteiger charge is 2.03. The SMILES string of the molecule is CCn1c(C)cc(Nc2ccccc2N)cc1=O. The van der Waals surface area contributed by atoms with Crippen LogP contribution in [0.5, 0.6) is 0 Å². The van der Waals surface area contributed by atoms with Crippen LogP contribution in [0, 0.1) is 6.92 Å². The molecular weight excluding hydrogens is 226 g/mol. The number of aromatic nitrogens is 1. The molecule has 1 heterocycles. The lowest BCUT2D eigenvalue weighted by Gasteiger charge is -2.12. The number of nitrogens with one attached hydrogen (secondary N) is 1. The first-order valence-corrected chi connectivity index (χ1v) is 5.95. The van der Waals surface area contributed by atoms with E-state index in [0.717, 1.165) is 17.1 Å². The zero-order valence-corrected chi connectivity index (χ0v) is 10.6. The first-order chi connectivity index (χ1) is 8.61. The minimum atomic E-state index is -0.00509. The van der Waals surface area contributed by atoms with Gasteiger partial charge in [0, 0.05) is 24.0 Å². The minimum absolute atomic E-state index is 0.00509. The smallest absolute Gasteiger partial charge is 0.252 e. The van der Waals surface area contributed by atoms with Crippen molar-refractivity contribution in [2.24, 2.45) is 0 Å². The quantitative estimate of drug-likeness (QED) is 0.814. The number of nitrogen functional groups attached to an aromatic ring is 1. The van der Waals surface area contributed by atoms with Gasteiger partial charge >= 0.3 is 0 Å². The van der Waals surface area contributed by atoms with Crippen molar-refractivity contribution in [2.75, 3.05) is 11.1 Å². The van der Waals surface area contributed by atoms with Crippen LogP contribution in [-0.4, -0.2) is 4.57 Å². The van der Waals surface area contributed by atoms with E-state index in [1.165, 1.54) is 0 Å². The van der Waals surface area contributed by atoms with Crippen LogP contribution < -0.4 is 16.6 Å². The van der Waals surface area contributed by atoms with Crippen molar-refractivity contribution >= 4 is 17.1 Å². The molecule has 0 radical (unpaired) electrons. The molecule has 94 valence electrons. The van der Waals surface area contributed by atoms with Crippen LogP contribution in [0.4, 0.5) is 17.1 Å². The minimum Gasteiger partial charge on any atom is -0.397 e. The highest BCUT2D eigenvalue weighted by Crippen LogP contribution is 2.21. The van der Waals surface area contributed by atoms with Gasteiger partial charge in [-0.05, 0) is 32.0 Å². The average molecular weight is 243 g/mol. The van der Waals surface area contributed by atoms with Gasteiger partial charge in [-0.25, -0.2) is 0 Å². The summed E-state index contributed by atoms with van der Waals surface area (Å²) in [4.78, 5) is 11.9. The van der Waals surface area contributed by atoms with Crippen LogP contribution in [0.1, 0.15) is 12.6 Å². The Morgan fingerprint density at radius 1 is 1.28 bits per heavy atom. The van der Waals surface area contributed by atoms with Crippen molar-refractivity contribution in [3.8, 4) is 0 Å². The fourth-order valence-electron chi connectivity index (χ4n) is 1.97. The molecule has 4 heteroatoms. The third-order valence-electron chi connectivity index (χ3n) is 2.89. The van der Waals surface area contributed by atoms with Gasteiger partial charge in [0.1, 0.15) is 0 Å². The summed E-state index contributed by atoms with van der Waals surface area (Å²) >= 11 is 0. The Morgan fingerprint density at radius 2 is 2.00 bits per heavy atom. The van der Waals surface area contributed by atoms with Gasteiger partial charge in [-0.2, -0.15) is 0 Å². The fourth-order valence-corrected chi connectivity index (χ4v) is 1.97. The molecule has 0 aliphatic rings. The van der Waals surface area contributed by atoms with Crippen LogP contribution in [0.15, 0.2) is 41.2 Å². The molecule has 4 nitrogen and oxygen atoms in total. The molecule has 2 rings (SSSR count). The van der Waals surface area contributed by atoms with Gasteiger partial charge < -0.3 is 15.6 Å². The molecule has 3 N–H and O–H groups in total. The van der Waals surface area contributed by atoms with Gasteiger partial charge in [-0.1, -0.05) is 12.1 Å². The highest BCUT2D eigenvalue weighted by molar-refractivity contribution is 5.72. The molecule has 1 aromatic carbocycles. The molecular formula is C14H17N3O. The molecule has 18 heavy (non-hydrogen) atoms. The molecule has 1 aromatic heterocycles. The van der Waals surface area contributed by atoms with E-state index in [1.54, 1.807) is 10.6 Å². The first-order valence-electron chi connectivity index (χ1n) is 5.95. The predicted octanol–water partition coefficient (Wildman–Crippen LogP) is 2.50. The van der Waals surface area contributed by atoms with Gasteiger partial charge in [0.15, 0.2) is 0 Å². The van der Waals surface area contributed by atoms with Crippen LogP contribution in [-0.2, 0) is 6.54 Å². The Morgan fingerprint density at radius 3 is 2.61 bits per heavy atom. The maximum atomic E-state index is 11.9. The molecule has 0 bridgehead atoms. The largest absolute Gasteiger partial charge is 0.397 e. The van der Waals surface area contributed by atoms with E-state index >= 15 is 0 Å². The molecule has 0 spiro atoms. The standard InChI is InChI=1S/C14H17N3O/c1-3-17-10(2)8-11(9-14(17)18)16-13-7-5-4-6-12(13)15/h4-9,16H,3,15H2,1-2H3. The lowest BCUT2D eigenvalue weighted by molar-refractivity contribution is 0.701. The number of aryl methyl sites for hydroxylation is 1. The normalized spacial score (nSPS) is 10.3. The summed E-state index contributed by atoms with van der Waals surface area (Å²) in [6.45, 7) is 4.56. The van der Waals surface area contributed by atoms with E-state index in [9.17, 15) is 4.79 Å². The Balaban J connectivity index is 2.37. The number of nitrogens with zero attached hydrogens (tertiary/aromatic N) is 1. The summed E-state index contributed by atoms with van der Waals surface area (Å²) in [7, 11) is 0. The van der Waals surface area contributed by atoms with Crippen molar-refractivity contribution in [1.29, 1.82) is 0 Å². The molecule has 0 atom stereocenters. The lowest BCUT2D eigenvalue weighted by Crippen LogP contribution is -2.20. The summed E-state index contributed by atoms with van der Waals surface area (Å²) in [5.41, 5.74) is 9.02. The van der Waals surface area contributed by atoms with Crippen LogP contribution in [0.2, 0.25) is 0 Å². The Hall–Kier alpha value is -2.23. The van der Waals surface area contributed by atoms with E-state index in [1.807, 2.05) is 44.2 Å². The molecule has 2 aromatic rings. The predicted molar refractivity (Wildman–Crippen MR) is 75.3 cm³/mol. The lowest BCUT2D eigenvalue weighted by atomic mass is 10.2. The topological polar surface area (TPSA) is 60.1 Å². The van der Waals surface area contributed by atoms with Gasteiger partial charge in [-0.3, -0.25) is 4.79 Å². The van der Waals surface area contributed by atoms with Crippen molar-refractivity contribution in [2.45, 2.75) is 20.4 Å². The van der Waals surface area contributed by atoms with Crippen LogP contribution in [0.3, 0.4) is 0 Å². The molecule has 0 saturated carbocycles. The van der Waals surface area contributed by atoms with E-state index in [0.29, 0.717) is 12.2 Å². The molecule has 0 saturated heterocycles. The van der Waals surface area contributed by atoms with Crippen molar-refractivity contribution in [1.82, 2.24) is 4.57 Å². The van der Waals surface area contributed by atoms with E-state index in [4.69, 9.17) is 5.73 Å². The summed E-state index contributed by atoms with van der Waals surface area (Å²) in [6, 6.07) is 11.0. The number of rotatable bonds is 3. The molecule has 0 aliphatic heterocycles. The fraction of sp³-hybridized carbons (Fsp3) is 0.214. The zero-order chi connectivity index (χ0) is 13.1.